The van der Waals surface area contributed by atoms with Gasteiger partial charge in [0, 0.05) is 29.8 Å². The molecule has 2 rings (SSSR count). The van der Waals surface area contributed by atoms with Gasteiger partial charge in [-0.3, -0.25) is 4.79 Å². The average Bonchev–Trinajstić information content (AvgIpc) is 2.80. The molecule has 1 aromatic carbocycles. The van der Waals surface area contributed by atoms with Crippen LogP contribution in [0.1, 0.15) is 23.7 Å². The number of hydrogen-bond donors (Lipinski definition) is 2. The minimum Gasteiger partial charge on any atom is -0.399 e. The average molecular weight is 252 g/mol. The highest BCUT2D eigenvalue weighted by molar-refractivity contribution is 5.95. The van der Waals surface area contributed by atoms with Crippen LogP contribution < -0.4 is 11.1 Å². The van der Waals surface area contributed by atoms with Crippen molar-refractivity contribution in [3.63, 3.8) is 0 Å². The second-order valence-electron chi connectivity index (χ2n) is 4.66. The summed E-state index contributed by atoms with van der Waals surface area (Å²) in [6.45, 7) is 3.32. The fourth-order valence-corrected chi connectivity index (χ4v) is 2.10. The van der Waals surface area contributed by atoms with E-state index in [0.29, 0.717) is 12.5 Å². The maximum absolute atomic E-state index is 13.1. The molecule has 1 aliphatic heterocycles. The zero-order valence-electron chi connectivity index (χ0n) is 10.3. The van der Waals surface area contributed by atoms with E-state index in [1.807, 2.05) is 6.92 Å². The highest BCUT2D eigenvalue weighted by atomic mass is 19.1. The molecule has 2 atom stereocenters. The fraction of sp³-hybridized carbons (Fsp3) is 0.462. The molecular weight excluding hydrogens is 235 g/mol. The van der Waals surface area contributed by atoms with Crippen molar-refractivity contribution in [3.05, 3.63) is 29.6 Å². The van der Waals surface area contributed by atoms with E-state index in [1.54, 1.807) is 0 Å². The molecule has 3 N–H and O–H groups in total. The van der Waals surface area contributed by atoms with E-state index >= 15 is 0 Å². The molecule has 0 bridgehead atoms. The lowest BCUT2D eigenvalue weighted by Crippen LogP contribution is -2.38. The van der Waals surface area contributed by atoms with Crippen molar-refractivity contribution in [2.45, 2.75) is 19.4 Å². The summed E-state index contributed by atoms with van der Waals surface area (Å²) in [5.41, 5.74) is 6.01. The van der Waals surface area contributed by atoms with Crippen LogP contribution in [0.4, 0.5) is 10.1 Å². The number of carbonyl (C=O) groups excluding carboxylic acids is 1. The van der Waals surface area contributed by atoms with Crippen LogP contribution in [0, 0.1) is 11.7 Å². The number of nitrogens with one attached hydrogen (secondary N) is 1. The van der Waals surface area contributed by atoms with Gasteiger partial charge in [0.2, 0.25) is 0 Å². The first-order valence-electron chi connectivity index (χ1n) is 6.01. The van der Waals surface area contributed by atoms with Gasteiger partial charge in [0.1, 0.15) is 5.82 Å². The summed E-state index contributed by atoms with van der Waals surface area (Å²) in [7, 11) is 0. The number of benzene rings is 1. The molecule has 1 aromatic rings. The third-order valence-electron chi connectivity index (χ3n) is 3.21. The van der Waals surface area contributed by atoms with Gasteiger partial charge in [-0.2, -0.15) is 0 Å². The van der Waals surface area contributed by atoms with Crippen LogP contribution in [0.15, 0.2) is 18.2 Å². The van der Waals surface area contributed by atoms with Crippen LogP contribution in [0.25, 0.3) is 0 Å². The third kappa shape index (κ3) is 2.98. The standard InChI is InChI=1S/C13H17FN2O2/c1-8(9-2-3-18-7-9)16-13(17)10-4-11(14)6-12(15)5-10/h4-6,8-9H,2-3,7,15H2,1H3,(H,16,17). The SMILES string of the molecule is CC(NC(=O)c1cc(N)cc(F)c1)C1CCOC1. The van der Waals surface area contributed by atoms with Crippen LogP contribution in [-0.4, -0.2) is 25.2 Å². The minimum absolute atomic E-state index is 0.00416. The Morgan fingerprint density at radius 1 is 1.56 bits per heavy atom. The molecule has 0 saturated carbocycles. The van der Waals surface area contributed by atoms with Crippen molar-refractivity contribution in [1.82, 2.24) is 5.32 Å². The van der Waals surface area contributed by atoms with E-state index in [9.17, 15) is 9.18 Å². The molecule has 0 aromatic heterocycles. The van der Waals surface area contributed by atoms with Crippen LogP contribution in [0.2, 0.25) is 0 Å². The molecule has 1 heterocycles. The quantitative estimate of drug-likeness (QED) is 0.802. The number of nitrogens with two attached hydrogens (primary N) is 1. The lowest BCUT2D eigenvalue weighted by atomic mass is 10.0. The van der Waals surface area contributed by atoms with Crippen LogP contribution in [0.3, 0.4) is 0 Å². The second kappa shape index (κ2) is 5.35. The molecule has 0 aliphatic carbocycles. The zero-order valence-corrected chi connectivity index (χ0v) is 10.3. The topological polar surface area (TPSA) is 64.4 Å². The van der Waals surface area contributed by atoms with Crippen molar-refractivity contribution in [3.8, 4) is 0 Å². The van der Waals surface area contributed by atoms with E-state index < -0.39 is 5.82 Å². The van der Waals surface area contributed by atoms with Gasteiger partial charge in [0.05, 0.1) is 6.61 Å². The normalized spacial score (nSPS) is 20.7. The first kappa shape index (κ1) is 12.8. The Morgan fingerprint density at radius 3 is 2.94 bits per heavy atom. The Morgan fingerprint density at radius 2 is 2.33 bits per heavy atom. The number of halogens is 1. The predicted molar refractivity (Wildman–Crippen MR) is 66.7 cm³/mol. The van der Waals surface area contributed by atoms with Crippen LogP contribution >= 0.6 is 0 Å². The molecule has 18 heavy (non-hydrogen) atoms. The number of carbonyl (C=O) groups is 1. The molecule has 0 radical (unpaired) electrons. The first-order chi connectivity index (χ1) is 8.56. The molecule has 1 aliphatic rings. The van der Waals surface area contributed by atoms with Crippen molar-refractivity contribution in [2.75, 3.05) is 18.9 Å². The summed E-state index contributed by atoms with van der Waals surface area (Å²) in [4.78, 5) is 11.9. The highest BCUT2D eigenvalue weighted by Gasteiger charge is 2.24. The van der Waals surface area contributed by atoms with Gasteiger partial charge in [-0.05, 0) is 31.5 Å². The predicted octanol–water partition coefficient (Wildman–Crippen LogP) is 1.56. The number of anilines is 1. The molecule has 0 spiro atoms. The number of ether oxygens (including phenoxy) is 1. The van der Waals surface area contributed by atoms with Gasteiger partial charge in [0.15, 0.2) is 0 Å². The number of nitrogen functional groups attached to an aromatic ring is 1. The smallest absolute Gasteiger partial charge is 0.251 e. The Bertz CT molecular complexity index is 424. The third-order valence-corrected chi connectivity index (χ3v) is 3.21. The largest absolute Gasteiger partial charge is 0.399 e. The van der Waals surface area contributed by atoms with Crippen molar-refractivity contribution in [1.29, 1.82) is 0 Å². The summed E-state index contributed by atoms with van der Waals surface area (Å²) < 4.78 is 18.4. The Balaban J connectivity index is 2.02. The monoisotopic (exact) mass is 252 g/mol. The van der Waals surface area contributed by atoms with E-state index in [4.69, 9.17) is 10.5 Å². The van der Waals surface area contributed by atoms with Crippen molar-refractivity contribution in [2.24, 2.45) is 5.92 Å². The summed E-state index contributed by atoms with van der Waals surface area (Å²) in [6, 6.07) is 3.84. The minimum atomic E-state index is -0.503. The van der Waals surface area contributed by atoms with Gasteiger partial charge in [-0.1, -0.05) is 0 Å². The highest BCUT2D eigenvalue weighted by Crippen LogP contribution is 2.17. The summed E-state index contributed by atoms with van der Waals surface area (Å²) in [6.07, 6.45) is 0.937. The molecule has 4 nitrogen and oxygen atoms in total. The van der Waals surface area contributed by atoms with Crippen LogP contribution in [0.5, 0.6) is 0 Å². The van der Waals surface area contributed by atoms with Crippen molar-refractivity contribution < 1.29 is 13.9 Å². The molecule has 98 valence electrons. The van der Waals surface area contributed by atoms with Gasteiger partial charge >= 0.3 is 0 Å². The van der Waals surface area contributed by atoms with Crippen LogP contribution in [-0.2, 0) is 4.74 Å². The molecule has 2 unspecified atom stereocenters. The van der Waals surface area contributed by atoms with E-state index in [-0.39, 0.29) is 23.2 Å². The number of rotatable bonds is 3. The second-order valence-corrected chi connectivity index (χ2v) is 4.66. The number of amides is 1. The first-order valence-corrected chi connectivity index (χ1v) is 6.01. The maximum atomic E-state index is 13.1. The van der Waals surface area contributed by atoms with Gasteiger partial charge in [-0.15, -0.1) is 0 Å². The summed E-state index contributed by atoms with van der Waals surface area (Å²) >= 11 is 0. The van der Waals surface area contributed by atoms with E-state index in [2.05, 4.69) is 5.32 Å². The molecule has 5 heteroatoms. The Hall–Kier alpha value is -1.62. The molecule has 1 fully saturated rings. The maximum Gasteiger partial charge on any atom is 0.251 e. The molecular formula is C13H17FN2O2. The zero-order chi connectivity index (χ0) is 13.1. The lowest BCUT2D eigenvalue weighted by molar-refractivity contribution is 0.0922. The summed E-state index contributed by atoms with van der Waals surface area (Å²) in [5.74, 6) is -0.488. The van der Waals surface area contributed by atoms with Gasteiger partial charge < -0.3 is 15.8 Å². The fourth-order valence-electron chi connectivity index (χ4n) is 2.10. The molecule has 1 amide bonds. The van der Waals surface area contributed by atoms with E-state index in [1.165, 1.54) is 18.2 Å². The Labute approximate surface area is 105 Å². The Kier molecular flexibility index (Phi) is 3.81. The summed E-state index contributed by atoms with van der Waals surface area (Å²) in [5, 5.41) is 2.85. The van der Waals surface area contributed by atoms with E-state index in [0.717, 1.165) is 13.0 Å². The molecule has 1 saturated heterocycles. The van der Waals surface area contributed by atoms with Gasteiger partial charge in [-0.25, -0.2) is 4.39 Å². The van der Waals surface area contributed by atoms with Gasteiger partial charge in [0.25, 0.3) is 5.91 Å². The van der Waals surface area contributed by atoms with Crippen molar-refractivity contribution >= 4 is 11.6 Å². The number of hydrogen-bond acceptors (Lipinski definition) is 3. The lowest BCUT2D eigenvalue weighted by Gasteiger charge is -2.19.